The number of ether oxygens (including phenoxy) is 1. The number of carbonyl (C=O) groups excluding carboxylic acids is 2. The lowest BCUT2D eigenvalue weighted by Crippen LogP contribution is -2.45. The van der Waals surface area contributed by atoms with Gasteiger partial charge in [0.1, 0.15) is 0 Å². The van der Waals surface area contributed by atoms with Gasteiger partial charge in [-0.3, -0.25) is 4.79 Å². The van der Waals surface area contributed by atoms with Gasteiger partial charge in [0.05, 0.1) is 6.61 Å². The quantitative estimate of drug-likeness (QED) is 0.783. The highest BCUT2D eigenvalue weighted by Gasteiger charge is 2.23. The number of nitrogens with one attached hydrogen (secondary N) is 2. The number of nitrogens with zero attached hydrogens (tertiary/aromatic N) is 1. The Morgan fingerprint density at radius 2 is 1.96 bits per heavy atom. The summed E-state index contributed by atoms with van der Waals surface area (Å²) in [6.07, 6.45) is 2.89. The average Bonchev–Trinajstić information content (AvgIpc) is 2.64. The summed E-state index contributed by atoms with van der Waals surface area (Å²) < 4.78 is 5.03. The first-order valence-corrected chi connectivity index (χ1v) is 9.58. The normalized spacial score (nSPS) is 15.0. The van der Waals surface area contributed by atoms with E-state index in [1.54, 1.807) is 4.90 Å². The van der Waals surface area contributed by atoms with Crippen LogP contribution in [0.4, 0.5) is 10.5 Å². The molecular weight excluding hydrogens is 330 g/mol. The second kappa shape index (κ2) is 10.2. The second-order valence-corrected chi connectivity index (χ2v) is 6.68. The number of rotatable bonds is 7. The predicted octanol–water partition coefficient (Wildman–Crippen LogP) is 3.10. The SMILES string of the molecule is CCOC(=O)N1CCC(NCCC(=O)Nc2c(C)cccc2CC)CC1. The molecule has 0 bridgehead atoms. The highest BCUT2D eigenvalue weighted by molar-refractivity contribution is 5.92. The van der Waals surface area contributed by atoms with Gasteiger partial charge < -0.3 is 20.3 Å². The van der Waals surface area contributed by atoms with Crippen molar-refractivity contribution in [1.29, 1.82) is 0 Å². The zero-order valence-electron chi connectivity index (χ0n) is 16.1. The smallest absolute Gasteiger partial charge is 0.409 e. The molecule has 2 N–H and O–H groups in total. The van der Waals surface area contributed by atoms with Gasteiger partial charge in [-0.25, -0.2) is 4.79 Å². The first-order valence-electron chi connectivity index (χ1n) is 9.58. The van der Waals surface area contributed by atoms with Gasteiger partial charge in [0.2, 0.25) is 5.91 Å². The van der Waals surface area contributed by atoms with E-state index in [2.05, 4.69) is 23.6 Å². The number of benzene rings is 1. The third kappa shape index (κ3) is 5.73. The molecule has 0 aliphatic carbocycles. The number of aryl methyl sites for hydroxylation is 2. The van der Waals surface area contributed by atoms with Crippen LogP contribution >= 0.6 is 0 Å². The van der Waals surface area contributed by atoms with E-state index in [4.69, 9.17) is 4.74 Å². The molecule has 1 aliphatic heterocycles. The van der Waals surface area contributed by atoms with Crippen LogP contribution in [-0.2, 0) is 16.0 Å². The van der Waals surface area contributed by atoms with Crippen LogP contribution in [0.1, 0.15) is 44.2 Å². The van der Waals surface area contributed by atoms with Crippen molar-refractivity contribution >= 4 is 17.7 Å². The number of para-hydroxylation sites is 1. The number of piperidine rings is 1. The average molecular weight is 361 g/mol. The van der Waals surface area contributed by atoms with Gasteiger partial charge in [0, 0.05) is 37.8 Å². The van der Waals surface area contributed by atoms with E-state index in [9.17, 15) is 9.59 Å². The van der Waals surface area contributed by atoms with Crippen molar-refractivity contribution in [2.45, 2.75) is 52.5 Å². The number of carbonyl (C=O) groups is 2. The number of anilines is 1. The molecule has 1 aromatic carbocycles. The van der Waals surface area contributed by atoms with E-state index in [0.717, 1.165) is 36.1 Å². The van der Waals surface area contributed by atoms with E-state index >= 15 is 0 Å². The molecule has 0 spiro atoms. The van der Waals surface area contributed by atoms with Crippen LogP contribution in [-0.4, -0.2) is 49.2 Å². The summed E-state index contributed by atoms with van der Waals surface area (Å²) in [5, 5.41) is 6.49. The molecule has 26 heavy (non-hydrogen) atoms. The zero-order valence-corrected chi connectivity index (χ0v) is 16.1. The number of amides is 2. The third-order valence-corrected chi connectivity index (χ3v) is 4.81. The summed E-state index contributed by atoms with van der Waals surface area (Å²) >= 11 is 0. The van der Waals surface area contributed by atoms with E-state index < -0.39 is 0 Å². The van der Waals surface area contributed by atoms with Crippen molar-refractivity contribution in [1.82, 2.24) is 10.2 Å². The highest BCUT2D eigenvalue weighted by atomic mass is 16.6. The Morgan fingerprint density at radius 3 is 2.62 bits per heavy atom. The van der Waals surface area contributed by atoms with Gasteiger partial charge in [0.25, 0.3) is 0 Å². The molecule has 1 heterocycles. The van der Waals surface area contributed by atoms with Crippen LogP contribution in [0.2, 0.25) is 0 Å². The van der Waals surface area contributed by atoms with Gasteiger partial charge in [-0.15, -0.1) is 0 Å². The lowest BCUT2D eigenvalue weighted by Gasteiger charge is -2.31. The molecular formula is C20H31N3O3. The van der Waals surface area contributed by atoms with Crippen LogP contribution in [0, 0.1) is 6.92 Å². The minimum atomic E-state index is -0.227. The summed E-state index contributed by atoms with van der Waals surface area (Å²) in [4.78, 5) is 25.7. The molecule has 1 aromatic rings. The minimum Gasteiger partial charge on any atom is -0.450 e. The lowest BCUT2D eigenvalue weighted by atomic mass is 10.0. The first-order chi connectivity index (χ1) is 12.5. The topological polar surface area (TPSA) is 70.7 Å². The van der Waals surface area contributed by atoms with Crippen molar-refractivity contribution in [3.8, 4) is 0 Å². The summed E-state index contributed by atoms with van der Waals surface area (Å²) in [5.74, 6) is 0.0328. The third-order valence-electron chi connectivity index (χ3n) is 4.81. The fourth-order valence-electron chi connectivity index (χ4n) is 3.27. The van der Waals surface area contributed by atoms with Crippen LogP contribution in [0.5, 0.6) is 0 Å². The maximum atomic E-state index is 12.3. The molecule has 6 nitrogen and oxygen atoms in total. The summed E-state index contributed by atoms with van der Waals surface area (Å²) in [5.41, 5.74) is 3.21. The molecule has 1 fully saturated rings. The summed E-state index contributed by atoms with van der Waals surface area (Å²) in [7, 11) is 0. The molecule has 2 rings (SSSR count). The fraction of sp³-hybridized carbons (Fsp3) is 0.600. The van der Waals surface area contributed by atoms with Gasteiger partial charge in [-0.1, -0.05) is 25.1 Å². The number of likely N-dealkylation sites (tertiary alicyclic amines) is 1. The Morgan fingerprint density at radius 1 is 1.23 bits per heavy atom. The monoisotopic (exact) mass is 361 g/mol. The molecule has 0 radical (unpaired) electrons. The van der Waals surface area contributed by atoms with Crippen LogP contribution < -0.4 is 10.6 Å². The van der Waals surface area contributed by atoms with E-state index in [0.29, 0.717) is 38.7 Å². The second-order valence-electron chi connectivity index (χ2n) is 6.68. The molecule has 0 saturated carbocycles. The molecule has 1 saturated heterocycles. The van der Waals surface area contributed by atoms with Gasteiger partial charge >= 0.3 is 6.09 Å². The number of hydrogen-bond acceptors (Lipinski definition) is 4. The molecule has 144 valence electrons. The maximum absolute atomic E-state index is 12.3. The van der Waals surface area contributed by atoms with Crippen molar-refractivity contribution in [2.24, 2.45) is 0 Å². The summed E-state index contributed by atoms with van der Waals surface area (Å²) in [6, 6.07) is 6.44. The first kappa shape index (κ1) is 20.2. The Kier molecular flexibility index (Phi) is 7.91. The zero-order chi connectivity index (χ0) is 18.9. The van der Waals surface area contributed by atoms with E-state index in [1.165, 1.54) is 0 Å². The molecule has 6 heteroatoms. The maximum Gasteiger partial charge on any atom is 0.409 e. The van der Waals surface area contributed by atoms with Gasteiger partial charge in [0.15, 0.2) is 0 Å². The van der Waals surface area contributed by atoms with Gasteiger partial charge in [-0.2, -0.15) is 0 Å². The van der Waals surface area contributed by atoms with Crippen LogP contribution in [0.25, 0.3) is 0 Å². The molecule has 0 atom stereocenters. The van der Waals surface area contributed by atoms with E-state index in [1.807, 2.05) is 26.0 Å². The molecule has 0 unspecified atom stereocenters. The molecule has 1 aliphatic rings. The van der Waals surface area contributed by atoms with Crippen molar-refractivity contribution < 1.29 is 14.3 Å². The Labute approximate surface area is 156 Å². The Balaban J connectivity index is 1.71. The number of hydrogen-bond donors (Lipinski definition) is 2. The van der Waals surface area contributed by atoms with Gasteiger partial charge in [-0.05, 0) is 44.2 Å². The van der Waals surface area contributed by atoms with Crippen molar-refractivity contribution in [3.63, 3.8) is 0 Å². The lowest BCUT2D eigenvalue weighted by molar-refractivity contribution is -0.116. The van der Waals surface area contributed by atoms with Crippen LogP contribution in [0.3, 0.4) is 0 Å². The Hall–Kier alpha value is -2.08. The van der Waals surface area contributed by atoms with Crippen LogP contribution in [0.15, 0.2) is 18.2 Å². The van der Waals surface area contributed by atoms with Crippen molar-refractivity contribution in [3.05, 3.63) is 29.3 Å². The fourth-order valence-corrected chi connectivity index (χ4v) is 3.27. The predicted molar refractivity (Wildman–Crippen MR) is 103 cm³/mol. The standard InChI is InChI=1S/C20H31N3O3/c1-4-16-8-6-7-15(3)19(16)22-18(24)9-12-21-17-10-13-23(14-11-17)20(25)26-5-2/h6-8,17,21H,4-5,9-14H2,1-3H3,(H,22,24). The van der Waals surface area contributed by atoms with Crippen molar-refractivity contribution in [2.75, 3.05) is 31.6 Å². The minimum absolute atomic E-state index is 0.0328. The Bertz CT molecular complexity index is 610. The molecule has 0 aromatic heterocycles. The van der Waals surface area contributed by atoms with E-state index in [-0.39, 0.29) is 12.0 Å². The largest absolute Gasteiger partial charge is 0.450 e. The molecule has 2 amide bonds. The summed E-state index contributed by atoms with van der Waals surface area (Å²) in [6.45, 7) is 8.38. The highest BCUT2D eigenvalue weighted by Crippen LogP contribution is 2.21.